The van der Waals surface area contributed by atoms with Gasteiger partial charge in [-0.05, 0) is 37.9 Å². The van der Waals surface area contributed by atoms with Crippen LogP contribution in [0.3, 0.4) is 0 Å². The summed E-state index contributed by atoms with van der Waals surface area (Å²) in [5.41, 5.74) is 1.24. The molecule has 1 N–H and O–H groups in total. The van der Waals surface area contributed by atoms with Gasteiger partial charge in [-0.2, -0.15) is 0 Å². The standard InChI is InChI=1S/C14H23N3O/c1-3-15-9-12-7-8-16(10-12)11-14(18)17(4-2)13-5-6-13/h7-8,10,13,15H,3-6,9,11H2,1-2H3. The van der Waals surface area contributed by atoms with E-state index in [0.717, 1.165) is 19.6 Å². The van der Waals surface area contributed by atoms with Crippen molar-refractivity contribution in [2.45, 2.75) is 45.8 Å². The highest BCUT2D eigenvalue weighted by Gasteiger charge is 2.31. The van der Waals surface area contributed by atoms with Crippen molar-refractivity contribution in [2.24, 2.45) is 0 Å². The molecule has 1 fully saturated rings. The predicted octanol–water partition coefficient (Wildman–Crippen LogP) is 1.61. The molecule has 1 heterocycles. The molecule has 1 aromatic rings. The van der Waals surface area contributed by atoms with Gasteiger partial charge in [-0.25, -0.2) is 0 Å². The number of carbonyl (C=O) groups excluding carboxylic acids is 1. The van der Waals surface area contributed by atoms with Gasteiger partial charge in [0.2, 0.25) is 5.91 Å². The number of nitrogens with zero attached hydrogens (tertiary/aromatic N) is 2. The summed E-state index contributed by atoms with van der Waals surface area (Å²) >= 11 is 0. The summed E-state index contributed by atoms with van der Waals surface area (Å²) in [6, 6.07) is 2.59. The molecule has 100 valence electrons. The molecule has 0 bridgehead atoms. The Kier molecular flexibility index (Phi) is 4.42. The lowest BCUT2D eigenvalue weighted by molar-refractivity contribution is -0.132. The van der Waals surface area contributed by atoms with Crippen LogP contribution in [-0.2, 0) is 17.9 Å². The highest BCUT2D eigenvalue weighted by molar-refractivity contribution is 5.76. The molecule has 0 spiro atoms. The van der Waals surface area contributed by atoms with Crippen molar-refractivity contribution < 1.29 is 4.79 Å². The maximum absolute atomic E-state index is 12.1. The van der Waals surface area contributed by atoms with Gasteiger partial charge in [0.1, 0.15) is 6.54 Å². The number of aromatic nitrogens is 1. The summed E-state index contributed by atoms with van der Waals surface area (Å²) in [5.74, 6) is 0.241. The van der Waals surface area contributed by atoms with E-state index in [0.29, 0.717) is 12.6 Å². The van der Waals surface area contributed by atoms with E-state index in [4.69, 9.17) is 0 Å². The minimum absolute atomic E-state index is 0.241. The van der Waals surface area contributed by atoms with Crippen LogP contribution in [0.2, 0.25) is 0 Å². The van der Waals surface area contributed by atoms with Crippen LogP contribution in [0.5, 0.6) is 0 Å². The lowest BCUT2D eigenvalue weighted by atomic mass is 10.3. The lowest BCUT2D eigenvalue weighted by Gasteiger charge is -2.20. The molecule has 0 aliphatic heterocycles. The topological polar surface area (TPSA) is 37.3 Å². The van der Waals surface area contributed by atoms with Crippen molar-refractivity contribution in [2.75, 3.05) is 13.1 Å². The van der Waals surface area contributed by atoms with E-state index in [1.165, 1.54) is 18.4 Å². The molecule has 0 aromatic carbocycles. The van der Waals surface area contributed by atoms with Crippen LogP contribution < -0.4 is 5.32 Å². The van der Waals surface area contributed by atoms with Gasteiger partial charge < -0.3 is 14.8 Å². The zero-order chi connectivity index (χ0) is 13.0. The molecule has 18 heavy (non-hydrogen) atoms. The van der Waals surface area contributed by atoms with E-state index < -0.39 is 0 Å². The molecule has 1 aliphatic carbocycles. The Balaban J connectivity index is 1.87. The fourth-order valence-corrected chi connectivity index (χ4v) is 2.23. The Morgan fingerprint density at radius 1 is 1.50 bits per heavy atom. The second kappa shape index (κ2) is 6.05. The average Bonchev–Trinajstić information content (AvgIpc) is 3.08. The molecule has 0 saturated heterocycles. The summed E-state index contributed by atoms with van der Waals surface area (Å²) in [7, 11) is 0. The molecule has 0 radical (unpaired) electrons. The molecule has 1 aromatic heterocycles. The van der Waals surface area contributed by atoms with Crippen LogP contribution in [0.15, 0.2) is 18.5 Å². The fraction of sp³-hybridized carbons (Fsp3) is 0.643. The molecular weight excluding hydrogens is 226 g/mol. The maximum atomic E-state index is 12.1. The first-order chi connectivity index (χ1) is 8.74. The zero-order valence-electron chi connectivity index (χ0n) is 11.4. The highest BCUT2D eigenvalue weighted by atomic mass is 16.2. The highest BCUT2D eigenvalue weighted by Crippen LogP contribution is 2.26. The van der Waals surface area contributed by atoms with Gasteiger partial charge in [-0.15, -0.1) is 0 Å². The van der Waals surface area contributed by atoms with Crippen molar-refractivity contribution in [1.82, 2.24) is 14.8 Å². The zero-order valence-corrected chi connectivity index (χ0v) is 11.4. The first-order valence-electron chi connectivity index (χ1n) is 6.89. The van der Waals surface area contributed by atoms with E-state index in [9.17, 15) is 4.79 Å². The van der Waals surface area contributed by atoms with Gasteiger partial charge in [-0.1, -0.05) is 6.92 Å². The number of rotatable bonds is 7. The van der Waals surface area contributed by atoms with Crippen molar-refractivity contribution in [1.29, 1.82) is 0 Å². The number of hydrogen-bond donors (Lipinski definition) is 1. The normalized spacial score (nSPS) is 14.8. The minimum atomic E-state index is 0.241. The SMILES string of the molecule is CCNCc1ccn(CC(=O)N(CC)C2CC2)c1. The molecule has 2 rings (SSSR count). The molecule has 0 atom stereocenters. The Morgan fingerprint density at radius 3 is 2.89 bits per heavy atom. The summed E-state index contributed by atoms with van der Waals surface area (Å²) in [6.45, 7) is 7.29. The Morgan fingerprint density at radius 2 is 2.28 bits per heavy atom. The number of hydrogen-bond acceptors (Lipinski definition) is 2. The second-order valence-electron chi connectivity index (χ2n) is 4.88. The molecular formula is C14H23N3O. The van der Waals surface area contributed by atoms with Gasteiger partial charge in [0.15, 0.2) is 0 Å². The first kappa shape index (κ1) is 13.1. The van der Waals surface area contributed by atoms with E-state index in [-0.39, 0.29) is 5.91 Å². The monoisotopic (exact) mass is 249 g/mol. The number of amides is 1. The van der Waals surface area contributed by atoms with E-state index >= 15 is 0 Å². The predicted molar refractivity (Wildman–Crippen MR) is 72.2 cm³/mol. The summed E-state index contributed by atoms with van der Waals surface area (Å²) in [4.78, 5) is 14.1. The first-order valence-corrected chi connectivity index (χ1v) is 6.89. The molecule has 4 heteroatoms. The fourth-order valence-electron chi connectivity index (χ4n) is 2.23. The van der Waals surface area contributed by atoms with Crippen molar-refractivity contribution in [3.05, 3.63) is 24.0 Å². The van der Waals surface area contributed by atoms with E-state index in [2.05, 4.69) is 31.4 Å². The van der Waals surface area contributed by atoms with Crippen LogP contribution in [0.1, 0.15) is 32.3 Å². The number of likely N-dealkylation sites (N-methyl/N-ethyl adjacent to an activating group) is 1. The van der Waals surface area contributed by atoms with Crippen LogP contribution in [0, 0.1) is 0 Å². The van der Waals surface area contributed by atoms with Crippen molar-refractivity contribution in [3.63, 3.8) is 0 Å². The van der Waals surface area contributed by atoms with Crippen molar-refractivity contribution >= 4 is 5.91 Å². The summed E-state index contributed by atoms with van der Waals surface area (Å²) in [6.07, 6.45) is 6.40. The summed E-state index contributed by atoms with van der Waals surface area (Å²) < 4.78 is 1.99. The van der Waals surface area contributed by atoms with Gasteiger partial charge in [0, 0.05) is 31.5 Å². The number of carbonyl (C=O) groups is 1. The van der Waals surface area contributed by atoms with E-state index in [1.54, 1.807) is 0 Å². The smallest absolute Gasteiger partial charge is 0.242 e. The van der Waals surface area contributed by atoms with Crippen LogP contribution >= 0.6 is 0 Å². The van der Waals surface area contributed by atoms with Crippen LogP contribution in [0.4, 0.5) is 0 Å². The Labute approximate surface area is 109 Å². The third-order valence-corrected chi connectivity index (χ3v) is 3.36. The van der Waals surface area contributed by atoms with E-state index in [1.807, 2.05) is 15.7 Å². The molecule has 1 saturated carbocycles. The lowest BCUT2D eigenvalue weighted by Crippen LogP contribution is -2.35. The molecule has 1 amide bonds. The molecule has 0 unspecified atom stereocenters. The Hall–Kier alpha value is -1.29. The second-order valence-corrected chi connectivity index (χ2v) is 4.88. The largest absolute Gasteiger partial charge is 0.345 e. The Bertz CT molecular complexity index is 395. The maximum Gasteiger partial charge on any atom is 0.242 e. The number of nitrogens with one attached hydrogen (secondary N) is 1. The van der Waals surface area contributed by atoms with Crippen molar-refractivity contribution in [3.8, 4) is 0 Å². The van der Waals surface area contributed by atoms with Crippen LogP contribution in [-0.4, -0.2) is 34.5 Å². The minimum Gasteiger partial charge on any atom is -0.345 e. The van der Waals surface area contributed by atoms with Gasteiger partial charge in [0.05, 0.1) is 0 Å². The third kappa shape index (κ3) is 3.35. The van der Waals surface area contributed by atoms with Crippen LogP contribution in [0.25, 0.3) is 0 Å². The third-order valence-electron chi connectivity index (χ3n) is 3.36. The van der Waals surface area contributed by atoms with Gasteiger partial charge in [-0.3, -0.25) is 4.79 Å². The molecule has 4 nitrogen and oxygen atoms in total. The molecule has 1 aliphatic rings. The quantitative estimate of drug-likeness (QED) is 0.797. The summed E-state index contributed by atoms with van der Waals surface area (Å²) in [5, 5.41) is 3.28. The van der Waals surface area contributed by atoms with Gasteiger partial charge >= 0.3 is 0 Å². The average molecular weight is 249 g/mol. The van der Waals surface area contributed by atoms with Gasteiger partial charge in [0.25, 0.3) is 0 Å².